The SMILES string of the molecule is CCOC(=O)C1CCN(C(=O)CSc2ncc(-c3ccc(C)cc3)n2-c2ccccc2)CC1. The van der Waals surface area contributed by atoms with Crippen LogP contribution in [0.4, 0.5) is 0 Å². The van der Waals surface area contributed by atoms with Crippen LogP contribution in [0.1, 0.15) is 25.3 Å². The molecule has 2 heterocycles. The molecule has 172 valence electrons. The van der Waals surface area contributed by atoms with Crippen molar-refractivity contribution in [1.29, 1.82) is 0 Å². The van der Waals surface area contributed by atoms with Crippen LogP contribution < -0.4 is 0 Å². The van der Waals surface area contributed by atoms with Gasteiger partial charge in [0.2, 0.25) is 5.91 Å². The fourth-order valence-electron chi connectivity index (χ4n) is 4.03. The maximum absolute atomic E-state index is 12.9. The molecule has 0 bridgehead atoms. The van der Waals surface area contributed by atoms with Crippen molar-refractivity contribution in [2.45, 2.75) is 31.8 Å². The van der Waals surface area contributed by atoms with Gasteiger partial charge in [-0.2, -0.15) is 0 Å². The fourth-order valence-corrected chi connectivity index (χ4v) is 4.93. The molecule has 1 aliphatic heterocycles. The van der Waals surface area contributed by atoms with Gasteiger partial charge in [0.15, 0.2) is 5.16 Å². The summed E-state index contributed by atoms with van der Waals surface area (Å²) in [4.78, 5) is 31.3. The first kappa shape index (κ1) is 23.1. The van der Waals surface area contributed by atoms with Crippen molar-refractivity contribution >= 4 is 23.6 Å². The Balaban J connectivity index is 1.47. The standard InChI is InChI=1S/C26H29N3O3S/c1-3-32-25(31)21-13-15-28(16-14-21)24(30)18-33-26-27-17-23(20-11-9-19(2)10-12-20)29(26)22-7-5-4-6-8-22/h4-12,17,21H,3,13-16,18H2,1-2H3. The highest BCUT2D eigenvalue weighted by Gasteiger charge is 2.28. The first-order chi connectivity index (χ1) is 16.1. The van der Waals surface area contributed by atoms with Gasteiger partial charge in [0, 0.05) is 24.3 Å². The Morgan fingerprint density at radius 3 is 2.42 bits per heavy atom. The summed E-state index contributed by atoms with van der Waals surface area (Å²) in [5, 5.41) is 0.784. The summed E-state index contributed by atoms with van der Waals surface area (Å²) in [6, 6.07) is 18.5. The third-order valence-corrected chi connectivity index (χ3v) is 6.82. The van der Waals surface area contributed by atoms with Crippen molar-refractivity contribution in [2.75, 3.05) is 25.4 Å². The molecule has 2 aromatic carbocycles. The van der Waals surface area contributed by atoms with E-state index < -0.39 is 0 Å². The van der Waals surface area contributed by atoms with Crippen LogP contribution in [-0.2, 0) is 14.3 Å². The lowest BCUT2D eigenvalue weighted by molar-refractivity contribution is -0.151. The quantitative estimate of drug-likeness (QED) is 0.374. The van der Waals surface area contributed by atoms with Crippen molar-refractivity contribution in [3.63, 3.8) is 0 Å². The van der Waals surface area contributed by atoms with Crippen LogP contribution in [0.2, 0.25) is 0 Å². The van der Waals surface area contributed by atoms with E-state index in [1.165, 1.54) is 17.3 Å². The van der Waals surface area contributed by atoms with Gasteiger partial charge in [-0.05, 0) is 38.8 Å². The molecule has 0 spiro atoms. The first-order valence-electron chi connectivity index (χ1n) is 11.3. The molecule has 0 radical (unpaired) electrons. The number of piperidine rings is 1. The van der Waals surface area contributed by atoms with Crippen LogP contribution >= 0.6 is 11.8 Å². The molecule has 0 unspecified atom stereocenters. The highest BCUT2D eigenvalue weighted by Crippen LogP contribution is 2.30. The third kappa shape index (κ3) is 5.47. The Morgan fingerprint density at radius 1 is 1.06 bits per heavy atom. The number of rotatable bonds is 7. The van der Waals surface area contributed by atoms with E-state index in [1.807, 2.05) is 48.4 Å². The molecule has 1 aromatic heterocycles. The van der Waals surface area contributed by atoms with Gasteiger partial charge in [-0.1, -0.05) is 59.8 Å². The van der Waals surface area contributed by atoms with Crippen molar-refractivity contribution in [3.8, 4) is 16.9 Å². The number of ether oxygens (including phenoxy) is 1. The molecule has 1 saturated heterocycles. The molecule has 0 aliphatic carbocycles. The largest absolute Gasteiger partial charge is 0.466 e. The summed E-state index contributed by atoms with van der Waals surface area (Å²) in [6.45, 7) is 5.46. The van der Waals surface area contributed by atoms with Gasteiger partial charge in [0.05, 0.1) is 30.2 Å². The second-order valence-corrected chi connectivity index (χ2v) is 9.10. The molecule has 0 atom stereocenters. The summed E-state index contributed by atoms with van der Waals surface area (Å²) < 4.78 is 7.23. The van der Waals surface area contributed by atoms with Crippen molar-refractivity contribution in [2.24, 2.45) is 5.92 Å². The number of carbonyl (C=O) groups is 2. The maximum Gasteiger partial charge on any atom is 0.309 e. The molecule has 1 aliphatic rings. The molecule has 0 N–H and O–H groups in total. The van der Waals surface area contributed by atoms with Crippen LogP contribution in [0.15, 0.2) is 66.0 Å². The Kier molecular flexibility index (Phi) is 7.50. The Bertz CT molecular complexity index is 1090. The number of nitrogens with zero attached hydrogens (tertiary/aromatic N) is 3. The summed E-state index contributed by atoms with van der Waals surface area (Å²) in [5.74, 6) is 0.131. The number of likely N-dealkylation sites (tertiary alicyclic amines) is 1. The second-order valence-electron chi connectivity index (χ2n) is 8.16. The number of hydrogen-bond donors (Lipinski definition) is 0. The van der Waals surface area contributed by atoms with Crippen LogP contribution in [0.3, 0.4) is 0 Å². The zero-order chi connectivity index (χ0) is 23.2. The average molecular weight is 464 g/mol. The molecule has 0 saturated carbocycles. The minimum Gasteiger partial charge on any atom is -0.466 e. The summed E-state index contributed by atoms with van der Waals surface area (Å²) in [5.41, 5.74) is 4.29. The summed E-state index contributed by atoms with van der Waals surface area (Å²) >= 11 is 1.45. The van der Waals surface area contributed by atoms with Crippen molar-refractivity contribution in [3.05, 3.63) is 66.4 Å². The smallest absolute Gasteiger partial charge is 0.309 e. The lowest BCUT2D eigenvalue weighted by Crippen LogP contribution is -2.41. The number of amides is 1. The number of carbonyl (C=O) groups excluding carboxylic acids is 2. The van der Waals surface area contributed by atoms with Gasteiger partial charge in [-0.15, -0.1) is 0 Å². The summed E-state index contributed by atoms with van der Waals surface area (Å²) in [7, 11) is 0. The van der Waals surface area contributed by atoms with E-state index in [0.717, 1.165) is 22.1 Å². The van der Waals surface area contributed by atoms with Crippen molar-refractivity contribution in [1.82, 2.24) is 14.5 Å². The Hall–Kier alpha value is -3.06. The van der Waals surface area contributed by atoms with Gasteiger partial charge in [-0.3, -0.25) is 14.2 Å². The predicted molar refractivity (Wildman–Crippen MR) is 130 cm³/mol. The molecule has 7 heteroatoms. The van der Waals surface area contributed by atoms with E-state index in [4.69, 9.17) is 4.74 Å². The molecule has 1 amide bonds. The van der Waals surface area contributed by atoms with Gasteiger partial charge >= 0.3 is 5.97 Å². The zero-order valence-corrected chi connectivity index (χ0v) is 19.9. The van der Waals surface area contributed by atoms with Gasteiger partial charge in [-0.25, -0.2) is 4.98 Å². The number of thioether (sulfide) groups is 1. The molecule has 33 heavy (non-hydrogen) atoms. The van der Waals surface area contributed by atoms with Crippen LogP contribution in [0, 0.1) is 12.8 Å². The average Bonchev–Trinajstić information content (AvgIpc) is 3.27. The highest BCUT2D eigenvalue weighted by molar-refractivity contribution is 7.99. The number of imidazole rings is 1. The minimum atomic E-state index is -0.146. The fraction of sp³-hybridized carbons (Fsp3) is 0.346. The van der Waals surface area contributed by atoms with E-state index in [2.05, 4.69) is 40.7 Å². The van der Waals surface area contributed by atoms with Crippen molar-refractivity contribution < 1.29 is 14.3 Å². The highest BCUT2D eigenvalue weighted by atomic mass is 32.2. The van der Waals surface area contributed by atoms with E-state index in [-0.39, 0.29) is 17.8 Å². The molecular weight excluding hydrogens is 434 g/mol. The lowest BCUT2D eigenvalue weighted by atomic mass is 9.97. The number of aromatic nitrogens is 2. The van der Waals surface area contributed by atoms with E-state index >= 15 is 0 Å². The number of esters is 1. The van der Waals surface area contributed by atoms with Gasteiger partial charge in [0.25, 0.3) is 0 Å². The summed E-state index contributed by atoms with van der Waals surface area (Å²) in [6.07, 6.45) is 3.19. The van der Waals surface area contributed by atoms with E-state index in [0.29, 0.717) is 38.3 Å². The minimum absolute atomic E-state index is 0.0711. The second kappa shape index (κ2) is 10.7. The lowest BCUT2D eigenvalue weighted by Gasteiger charge is -2.30. The van der Waals surface area contributed by atoms with Gasteiger partial charge in [0.1, 0.15) is 0 Å². The number of aryl methyl sites for hydroxylation is 1. The molecule has 6 nitrogen and oxygen atoms in total. The number of para-hydroxylation sites is 1. The Labute approximate surface area is 199 Å². The number of benzene rings is 2. The van der Waals surface area contributed by atoms with E-state index in [9.17, 15) is 9.59 Å². The van der Waals surface area contributed by atoms with E-state index in [1.54, 1.807) is 0 Å². The number of hydrogen-bond acceptors (Lipinski definition) is 5. The van der Waals surface area contributed by atoms with Crippen LogP contribution in [0.5, 0.6) is 0 Å². The monoisotopic (exact) mass is 463 g/mol. The molecule has 1 fully saturated rings. The third-order valence-electron chi connectivity index (χ3n) is 5.88. The Morgan fingerprint density at radius 2 is 1.76 bits per heavy atom. The van der Waals surface area contributed by atoms with Gasteiger partial charge < -0.3 is 9.64 Å². The first-order valence-corrected chi connectivity index (χ1v) is 12.3. The topological polar surface area (TPSA) is 64.4 Å². The molecule has 3 aromatic rings. The molecule has 4 rings (SSSR count). The zero-order valence-electron chi connectivity index (χ0n) is 19.1. The molecular formula is C26H29N3O3S. The maximum atomic E-state index is 12.9. The van der Waals surface area contributed by atoms with Crippen LogP contribution in [-0.4, -0.2) is 51.8 Å². The van der Waals surface area contributed by atoms with Crippen LogP contribution in [0.25, 0.3) is 16.9 Å². The predicted octanol–water partition coefficient (Wildman–Crippen LogP) is 4.74. The normalized spacial score (nSPS) is 14.3.